The Hall–Kier alpha value is -3.94. The summed E-state index contributed by atoms with van der Waals surface area (Å²) in [6.45, 7) is 0.604. The van der Waals surface area contributed by atoms with Crippen LogP contribution in [0.5, 0.6) is 0 Å². The SMILES string of the molecule is O=C(OCc1ccccc1)C1CCCN1C(=O)c1cnn2c1[nH]c(=O)c1ccccc12. The molecule has 1 saturated heterocycles. The lowest BCUT2D eigenvalue weighted by atomic mass is 10.2. The lowest BCUT2D eigenvalue weighted by molar-refractivity contribution is -0.149. The predicted octanol–water partition coefficient (Wildman–Crippen LogP) is 2.52. The zero-order chi connectivity index (χ0) is 21.4. The molecule has 1 N–H and O–H groups in total. The highest BCUT2D eigenvalue weighted by molar-refractivity contribution is 6.02. The number of aromatic amines is 1. The van der Waals surface area contributed by atoms with Crippen molar-refractivity contribution < 1.29 is 14.3 Å². The van der Waals surface area contributed by atoms with Gasteiger partial charge >= 0.3 is 5.97 Å². The van der Waals surface area contributed by atoms with Crippen molar-refractivity contribution in [2.24, 2.45) is 0 Å². The van der Waals surface area contributed by atoms with Gasteiger partial charge in [-0.2, -0.15) is 5.10 Å². The number of carbonyl (C=O) groups is 2. The van der Waals surface area contributed by atoms with E-state index in [1.165, 1.54) is 11.1 Å². The van der Waals surface area contributed by atoms with E-state index >= 15 is 0 Å². The van der Waals surface area contributed by atoms with E-state index in [1.54, 1.807) is 22.7 Å². The first-order chi connectivity index (χ1) is 15.1. The number of esters is 1. The van der Waals surface area contributed by atoms with E-state index in [1.807, 2.05) is 36.4 Å². The molecule has 4 aromatic rings. The summed E-state index contributed by atoms with van der Waals surface area (Å²) >= 11 is 0. The zero-order valence-electron chi connectivity index (χ0n) is 16.7. The Balaban J connectivity index is 1.42. The summed E-state index contributed by atoms with van der Waals surface area (Å²) in [6, 6.07) is 15.8. The van der Waals surface area contributed by atoms with Crippen LogP contribution < -0.4 is 5.56 Å². The molecule has 8 nitrogen and oxygen atoms in total. The first kappa shape index (κ1) is 19.0. The lowest BCUT2D eigenvalue weighted by Crippen LogP contribution is -2.41. The number of nitrogens with one attached hydrogen (secondary N) is 1. The Kier molecular flexibility index (Phi) is 4.74. The standard InChI is InChI=1S/C23H20N4O4/c28-21-16-9-4-5-10-18(16)27-20(25-21)17(13-24-27)22(29)26-12-6-11-19(26)23(30)31-14-15-7-2-1-3-8-15/h1-5,7-10,13,19H,6,11-12,14H2,(H,25,28). The van der Waals surface area contributed by atoms with Crippen LogP contribution >= 0.6 is 0 Å². The number of likely N-dealkylation sites (tertiary alicyclic amines) is 1. The van der Waals surface area contributed by atoms with Gasteiger partial charge in [-0.25, -0.2) is 9.31 Å². The van der Waals surface area contributed by atoms with Gasteiger partial charge in [-0.05, 0) is 30.5 Å². The molecule has 2 aromatic heterocycles. The van der Waals surface area contributed by atoms with Crippen molar-refractivity contribution in [2.75, 3.05) is 6.54 Å². The number of nitrogens with zero attached hydrogens (tertiary/aromatic N) is 3. The predicted molar refractivity (Wildman–Crippen MR) is 114 cm³/mol. The molecule has 1 amide bonds. The first-order valence-electron chi connectivity index (χ1n) is 10.1. The van der Waals surface area contributed by atoms with Crippen LogP contribution in [0.15, 0.2) is 65.6 Å². The van der Waals surface area contributed by atoms with Crippen LogP contribution in [0.1, 0.15) is 28.8 Å². The molecule has 1 aliphatic heterocycles. The van der Waals surface area contributed by atoms with E-state index in [4.69, 9.17) is 4.74 Å². The van der Waals surface area contributed by atoms with Crippen molar-refractivity contribution in [2.45, 2.75) is 25.5 Å². The zero-order valence-corrected chi connectivity index (χ0v) is 16.7. The van der Waals surface area contributed by atoms with Gasteiger partial charge in [0.25, 0.3) is 11.5 Å². The maximum absolute atomic E-state index is 13.3. The smallest absolute Gasteiger partial charge is 0.329 e. The quantitative estimate of drug-likeness (QED) is 0.516. The maximum Gasteiger partial charge on any atom is 0.329 e. The van der Waals surface area contributed by atoms with E-state index in [9.17, 15) is 14.4 Å². The summed E-state index contributed by atoms with van der Waals surface area (Å²) in [5.41, 5.74) is 1.78. The molecule has 0 aliphatic carbocycles. The Bertz CT molecular complexity index is 1340. The second-order valence-corrected chi connectivity index (χ2v) is 7.54. The van der Waals surface area contributed by atoms with Gasteiger partial charge in [0.15, 0.2) is 0 Å². The van der Waals surface area contributed by atoms with E-state index in [0.717, 1.165) is 5.56 Å². The summed E-state index contributed by atoms with van der Waals surface area (Å²) in [6.07, 6.45) is 2.68. The summed E-state index contributed by atoms with van der Waals surface area (Å²) in [5.74, 6) is -0.773. The average molecular weight is 416 g/mol. The van der Waals surface area contributed by atoms with Crippen LogP contribution in [0.4, 0.5) is 0 Å². The van der Waals surface area contributed by atoms with Crippen molar-refractivity contribution in [1.82, 2.24) is 19.5 Å². The number of H-pyrrole nitrogens is 1. The van der Waals surface area contributed by atoms with Gasteiger partial charge in [-0.1, -0.05) is 42.5 Å². The highest BCUT2D eigenvalue weighted by atomic mass is 16.5. The minimum Gasteiger partial charge on any atom is -0.459 e. The molecule has 8 heteroatoms. The minimum atomic E-state index is -0.654. The Morgan fingerprint density at radius 2 is 1.87 bits per heavy atom. The molecule has 0 bridgehead atoms. The van der Waals surface area contributed by atoms with Gasteiger partial charge in [0, 0.05) is 6.54 Å². The molecule has 31 heavy (non-hydrogen) atoms. The molecule has 0 saturated carbocycles. The molecule has 156 valence electrons. The molecule has 1 fully saturated rings. The number of rotatable bonds is 4. The van der Waals surface area contributed by atoms with Crippen LogP contribution in [-0.4, -0.2) is 44.0 Å². The molecule has 1 atom stereocenters. The van der Waals surface area contributed by atoms with Crippen molar-refractivity contribution in [3.63, 3.8) is 0 Å². The van der Waals surface area contributed by atoms with Crippen LogP contribution in [0.25, 0.3) is 16.6 Å². The number of amides is 1. The van der Waals surface area contributed by atoms with Crippen molar-refractivity contribution >= 4 is 28.4 Å². The topological polar surface area (TPSA) is 96.8 Å². The van der Waals surface area contributed by atoms with Gasteiger partial charge < -0.3 is 14.6 Å². The molecular formula is C23H20N4O4. The molecule has 1 unspecified atom stereocenters. The largest absolute Gasteiger partial charge is 0.459 e. The van der Waals surface area contributed by atoms with Crippen molar-refractivity contribution in [3.8, 4) is 0 Å². The highest BCUT2D eigenvalue weighted by Gasteiger charge is 2.37. The van der Waals surface area contributed by atoms with E-state index in [0.29, 0.717) is 35.9 Å². The minimum absolute atomic E-state index is 0.161. The molecule has 2 aromatic carbocycles. The third-order valence-electron chi connectivity index (χ3n) is 5.62. The Labute approximate surface area is 177 Å². The van der Waals surface area contributed by atoms with Gasteiger partial charge in [-0.3, -0.25) is 9.59 Å². The number of fused-ring (bicyclic) bond motifs is 3. The van der Waals surface area contributed by atoms with Crippen molar-refractivity contribution in [1.29, 1.82) is 0 Å². The molecule has 0 spiro atoms. The van der Waals surface area contributed by atoms with Gasteiger partial charge in [-0.15, -0.1) is 0 Å². The number of aromatic nitrogens is 3. The number of ether oxygens (including phenoxy) is 1. The second-order valence-electron chi connectivity index (χ2n) is 7.54. The fraction of sp³-hybridized carbons (Fsp3) is 0.217. The molecule has 1 aliphatic rings. The van der Waals surface area contributed by atoms with Crippen LogP contribution in [-0.2, 0) is 16.1 Å². The summed E-state index contributed by atoms with van der Waals surface area (Å²) in [5, 5.41) is 4.80. The summed E-state index contributed by atoms with van der Waals surface area (Å²) in [4.78, 5) is 42.8. The summed E-state index contributed by atoms with van der Waals surface area (Å²) < 4.78 is 7.01. The molecular weight excluding hydrogens is 396 g/mol. The van der Waals surface area contributed by atoms with Crippen LogP contribution in [0, 0.1) is 0 Å². The van der Waals surface area contributed by atoms with Crippen molar-refractivity contribution in [3.05, 3.63) is 82.3 Å². The molecule has 0 radical (unpaired) electrons. The number of benzene rings is 2. The summed E-state index contributed by atoms with van der Waals surface area (Å²) in [7, 11) is 0. The average Bonchev–Trinajstić information content (AvgIpc) is 3.46. The van der Waals surface area contributed by atoms with Gasteiger partial charge in [0.05, 0.1) is 17.1 Å². The van der Waals surface area contributed by atoms with Crippen LogP contribution in [0.2, 0.25) is 0 Å². The Morgan fingerprint density at radius 1 is 1.10 bits per heavy atom. The van der Waals surface area contributed by atoms with E-state index < -0.39 is 12.0 Å². The fourth-order valence-corrected chi connectivity index (χ4v) is 4.07. The van der Waals surface area contributed by atoms with Gasteiger partial charge in [0.1, 0.15) is 23.9 Å². The number of carbonyl (C=O) groups excluding carboxylic acids is 2. The fourth-order valence-electron chi connectivity index (χ4n) is 4.07. The second kappa shape index (κ2) is 7.71. The van der Waals surface area contributed by atoms with E-state index in [-0.39, 0.29) is 23.6 Å². The van der Waals surface area contributed by atoms with Crippen LogP contribution in [0.3, 0.4) is 0 Å². The highest BCUT2D eigenvalue weighted by Crippen LogP contribution is 2.24. The molecule has 3 heterocycles. The third-order valence-corrected chi connectivity index (χ3v) is 5.62. The monoisotopic (exact) mass is 416 g/mol. The number of hydrogen-bond acceptors (Lipinski definition) is 5. The number of hydrogen-bond donors (Lipinski definition) is 1. The molecule has 5 rings (SSSR count). The van der Waals surface area contributed by atoms with Gasteiger partial charge in [0.2, 0.25) is 0 Å². The lowest BCUT2D eigenvalue weighted by Gasteiger charge is -2.23. The normalized spacial score (nSPS) is 16.1. The first-order valence-corrected chi connectivity index (χ1v) is 10.1. The maximum atomic E-state index is 13.3. The Morgan fingerprint density at radius 3 is 2.71 bits per heavy atom. The van der Waals surface area contributed by atoms with E-state index in [2.05, 4.69) is 10.1 Å². The number of para-hydroxylation sites is 1. The third kappa shape index (κ3) is 3.35.